The van der Waals surface area contributed by atoms with E-state index < -0.39 is 5.41 Å². The molecule has 2 aromatic carbocycles. The third-order valence-corrected chi connectivity index (χ3v) is 6.11. The number of aromatic amines is 1. The number of benzene rings is 2. The van der Waals surface area contributed by atoms with E-state index in [-0.39, 0.29) is 5.91 Å². The van der Waals surface area contributed by atoms with Gasteiger partial charge in [0.05, 0.1) is 11.6 Å². The van der Waals surface area contributed by atoms with Gasteiger partial charge in [-0.1, -0.05) is 36.4 Å². The molecule has 2 aromatic heterocycles. The minimum Gasteiger partial charge on any atom is -0.325 e. The summed E-state index contributed by atoms with van der Waals surface area (Å²) in [6, 6.07) is 17.7. The number of carbonyl (C=O) groups excluding carboxylic acids is 1. The van der Waals surface area contributed by atoms with Crippen molar-refractivity contribution in [2.45, 2.75) is 18.3 Å². The summed E-state index contributed by atoms with van der Waals surface area (Å²) in [7, 11) is 0. The SMILES string of the molecule is O=C(Nc1cccc(-c2ncccn2)c1)C1(c2ccc(-c3cn[nH]c3)cc2)CCNCC1. The smallest absolute Gasteiger partial charge is 0.235 e. The van der Waals surface area contributed by atoms with E-state index in [1.807, 2.05) is 30.5 Å². The van der Waals surface area contributed by atoms with Crippen LogP contribution in [0.3, 0.4) is 0 Å². The summed E-state index contributed by atoms with van der Waals surface area (Å²) in [5, 5.41) is 13.4. The van der Waals surface area contributed by atoms with Gasteiger partial charge in [-0.25, -0.2) is 9.97 Å². The number of nitrogens with one attached hydrogen (secondary N) is 3. The Kier molecular flexibility index (Phi) is 5.47. The van der Waals surface area contributed by atoms with Crippen molar-refractivity contribution in [3.05, 3.63) is 84.9 Å². The van der Waals surface area contributed by atoms with Gasteiger partial charge in [0, 0.05) is 35.4 Å². The number of amides is 1. The van der Waals surface area contributed by atoms with Crippen LogP contribution in [-0.4, -0.2) is 39.2 Å². The van der Waals surface area contributed by atoms with Crippen LogP contribution in [0, 0.1) is 0 Å². The van der Waals surface area contributed by atoms with E-state index in [9.17, 15) is 4.79 Å². The molecule has 5 rings (SSSR count). The Hall–Kier alpha value is -3.84. The van der Waals surface area contributed by atoms with Gasteiger partial charge in [-0.05, 0) is 55.3 Å². The maximum atomic E-state index is 13.7. The molecule has 0 bridgehead atoms. The Morgan fingerprint density at radius 2 is 1.69 bits per heavy atom. The molecule has 1 amide bonds. The number of piperidine rings is 1. The molecule has 0 unspecified atom stereocenters. The van der Waals surface area contributed by atoms with Gasteiger partial charge in [-0.2, -0.15) is 5.10 Å². The molecule has 0 saturated carbocycles. The largest absolute Gasteiger partial charge is 0.325 e. The van der Waals surface area contributed by atoms with Crippen LogP contribution in [0.5, 0.6) is 0 Å². The molecule has 160 valence electrons. The Balaban J connectivity index is 1.43. The number of rotatable bonds is 5. The van der Waals surface area contributed by atoms with Crippen LogP contribution < -0.4 is 10.6 Å². The highest BCUT2D eigenvalue weighted by Crippen LogP contribution is 2.36. The molecule has 0 spiro atoms. The zero-order chi connectivity index (χ0) is 21.8. The first kappa shape index (κ1) is 20.1. The molecule has 1 fully saturated rings. The first-order valence-corrected chi connectivity index (χ1v) is 10.7. The second-order valence-corrected chi connectivity index (χ2v) is 8.00. The van der Waals surface area contributed by atoms with Crippen molar-refractivity contribution in [2.75, 3.05) is 18.4 Å². The number of anilines is 1. The van der Waals surface area contributed by atoms with Crippen molar-refractivity contribution in [1.29, 1.82) is 0 Å². The third kappa shape index (κ3) is 3.90. The van der Waals surface area contributed by atoms with Crippen molar-refractivity contribution < 1.29 is 4.79 Å². The number of H-pyrrole nitrogens is 1. The maximum Gasteiger partial charge on any atom is 0.235 e. The van der Waals surface area contributed by atoms with Gasteiger partial charge in [-0.15, -0.1) is 0 Å². The first-order valence-electron chi connectivity index (χ1n) is 10.7. The molecule has 4 aromatic rings. The Morgan fingerprint density at radius 1 is 0.906 bits per heavy atom. The highest BCUT2D eigenvalue weighted by atomic mass is 16.2. The average Bonchev–Trinajstić information content (AvgIpc) is 3.40. The fourth-order valence-corrected chi connectivity index (χ4v) is 4.33. The Labute approximate surface area is 186 Å². The Morgan fingerprint density at radius 3 is 2.41 bits per heavy atom. The average molecular weight is 425 g/mol. The van der Waals surface area contributed by atoms with Crippen LogP contribution in [0.25, 0.3) is 22.5 Å². The van der Waals surface area contributed by atoms with Gasteiger partial charge in [0.25, 0.3) is 0 Å². The minimum atomic E-state index is -0.584. The van der Waals surface area contributed by atoms with Crippen LogP contribution in [0.4, 0.5) is 5.69 Å². The minimum absolute atomic E-state index is 0.0150. The monoisotopic (exact) mass is 424 g/mol. The second-order valence-electron chi connectivity index (χ2n) is 8.00. The fourth-order valence-electron chi connectivity index (χ4n) is 4.33. The molecule has 1 aliphatic heterocycles. The lowest BCUT2D eigenvalue weighted by Crippen LogP contribution is -2.48. The molecular formula is C25H24N6O. The van der Waals surface area contributed by atoms with Gasteiger partial charge < -0.3 is 10.6 Å². The van der Waals surface area contributed by atoms with Gasteiger partial charge >= 0.3 is 0 Å². The lowest BCUT2D eigenvalue weighted by molar-refractivity contribution is -0.122. The van der Waals surface area contributed by atoms with Crippen LogP contribution in [0.15, 0.2) is 79.4 Å². The molecule has 7 nitrogen and oxygen atoms in total. The predicted octanol–water partition coefficient (Wildman–Crippen LogP) is 3.79. The van der Waals surface area contributed by atoms with Crippen molar-refractivity contribution in [2.24, 2.45) is 0 Å². The zero-order valence-corrected chi connectivity index (χ0v) is 17.6. The summed E-state index contributed by atoms with van der Waals surface area (Å²) in [6.45, 7) is 1.60. The summed E-state index contributed by atoms with van der Waals surface area (Å²) >= 11 is 0. The lowest BCUT2D eigenvalue weighted by Gasteiger charge is -2.37. The van der Waals surface area contributed by atoms with Crippen LogP contribution >= 0.6 is 0 Å². The predicted molar refractivity (Wildman–Crippen MR) is 124 cm³/mol. The summed E-state index contributed by atoms with van der Waals surface area (Å²) in [4.78, 5) is 22.3. The Bertz CT molecular complexity index is 1180. The van der Waals surface area contributed by atoms with E-state index in [0.717, 1.165) is 53.9 Å². The fraction of sp³-hybridized carbons (Fsp3) is 0.200. The molecule has 0 atom stereocenters. The molecule has 1 aliphatic rings. The van der Waals surface area contributed by atoms with Crippen molar-refractivity contribution in [1.82, 2.24) is 25.5 Å². The number of hydrogen-bond acceptors (Lipinski definition) is 5. The highest BCUT2D eigenvalue weighted by molar-refractivity contribution is 5.99. The van der Waals surface area contributed by atoms with E-state index in [1.54, 1.807) is 24.7 Å². The standard InChI is InChI=1S/C25H24N6O/c32-24(31-22-4-1-3-19(15-22)23-27-11-2-12-28-23)25(9-13-26-14-10-25)21-7-5-18(6-8-21)20-16-29-30-17-20/h1-8,11-12,15-17,26H,9-10,13-14H2,(H,29,30)(H,31,32). The topological polar surface area (TPSA) is 95.6 Å². The zero-order valence-electron chi connectivity index (χ0n) is 17.6. The van der Waals surface area contributed by atoms with Crippen molar-refractivity contribution >= 4 is 11.6 Å². The molecule has 32 heavy (non-hydrogen) atoms. The summed E-state index contributed by atoms with van der Waals surface area (Å²) in [6.07, 6.45) is 8.57. The van der Waals surface area contributed by atoms with Gasteiger partial charge in [0.15, 0.2) is 5.82 Å². The summed E-state index contributed by atoms with van der Waals surface area (Å²) in [5.74, 6) is 0.649. The number of hydrogen-bond donors (Lipinski definition) is 3. The van der Waals surface area contributed by atoms with Crippen molar-refractivity contribution in [3.63, 3.8) is 0 Å². The molecule has 3 heterocycles. The lowest BCUT2D eigenvalue weighted by atomic mass is 9.72. The van der Waals surface area contributed by atoms with E-state index in [1.165, 1.54) is 0 Å². The number of aromatic nitrogens is 4. The molecule has 1 saturated heterocycles. The summed E-state index contributed by atoms with van der Waals surface area (Å²) in [5.41, 5.74) is 4.16. The number of nitrogens with zero attached hydrogens (tertiary/aromatic N) is 3. The molecule has 3 N–H and O–H groups in total. The first-order chi connectivity index (χ1) is 15.7. The van der Waals surface area contributed by atoms with E-state index in [0.29, 0.717) is 5.82 Å². The van der Waals surface area contributed by atoms with Crippen molar-refractivity contribution in [3.8, 4) is 22.5 Å². The molecule has 0 aliphatic carbocycles. The van der Waals surface area contributed by atoms with Crippen LogP contribution in [0.2, 0.25) is 0 Å². The third-order valence-electron chi connectivity index (χ3n) is 6.11. The second kappa shape index (κ2) is 8.72. The normalized spacial score (nSPS) is 15.2. The van der Waals surface area contributed by atoms with E-state index >= 15 is 0 Å². The number of carbonyl (C=O) groups is 1. The van der Waals surface area contributed by atoms with E-state index in [4.69, 9.17) is 0 Å². The summed E-state index contributed by atoms with van der Waals surface area (Å²) < 4.78 is 0. The molecule has 0 radical (unpaired) electrons. The molecular weight excluding hydrogens is 400 g/mol. The van der Waals surface area contributed by atoms with Gasteiger partial charge in [0.2, 0.25) is 5.91 Å². The van der Waals surface area contributed by atoms with E-state index in [2.05, 4.69) is 55.1 Å². The maximum absolute atomic E-state index is 13.7. The van der Waals surface area contributed by atoms with Crippen LogP contribution in [-0.2, 0) is 10.2 Å². The van der Waals surface area contributed by atoms with Gasteiger partial charge in [-0.3, -0.25) is 9.89 Å². The highest BCUT2D eigenvalue weighted by Gasteiger charge is 2.41. The van der Waals surface area contributed by atoms with Gasteiger partial charge in [0.1, 0.15) is 0 Å². The quantitative estimate of drug-likeness (QED) is 0.453. The van der Waals surface area contributed by atoms with Crippen LogP contribution in [0.1, 0.15) is 18.4 Å². The molecule has 7 heteroatoms.